The Morgan fingerprint density at radius 3 is 2.75 bits per heavy atom. The number of halogens is 1. The van der Waals surface area contributed by atoms with Gasteiger partial charge < -0.3 is 21.3 Å². The second-order valence-electron chi connectivity index (χ2n) is 4.88. The van der Waals surface area contributed by atoms with Gasteiger partial charge in [0.2, 0.25) is 17.7 Å². The van der Waals surface area contributed by atoms with Crippen LogP contribution in [-0.4, -0.2) is 54.3 Å². The molecule has 2 aromatic rings. The molecule has 0 aliphatic heterocycles. The number of fused-ring (bicyclic) bond motifs is 1. The number of thiazole rings is 1. The van der Waals surface area contributed by atoms with Crippen molar-refractivity contribution in [3.63, 3.8) is 0 Å². The van der Waals surface area contributed by atoms with Crippen LogP contribution in [-0.2, 0) is 14.4 Å². The van der Waals surface area contributed by atoms with Crippen LogP contribution < -0.4 is 16.4 Å². The number of nitrogens with one attached hydrogen (secondary N) is 2. The number of likely N-dealkylation sites (N-methyl/N-ethyl adjacent to an activating group) is 1. The Morgan fingerprint density at radius 1 is 1.33 bits per heavy atom. The largest absolute Gasteiger partial charge is 0.346 e. The molecule has 0 aliphatic rings. The monoisotopic (exact) mass is 369 g/mol. The van der Waals surface area contributed by atoms with Crippen LogP contribution in [0.4, 0.5) is 5.13 Å². The predicted molar refractivity (Wildman–Crippen MR) is 93.0 cm³/mol. The highest BCUT2D eigenvalue weighted by molar-refractivity contribution is 7.22. The molecule has 0 saturated heterocycles. The van der Waals surface area contributed by atoms with Crippen LogP contribution in [0, 0.1) is 0 Å². The standard InChI is InChI=1S/C14H16ClN5O3S/c1-20(12(23)6-17-10(21)5-16)7-11(22)18-14-19-13-8(15)3-2-4-9(13)24-14/h2-4H,5-7,16H2,1H3,(H,17,21)(H,18,19,22). The molecule has 24 heavy (non-hydrogen) atoms. The first kappa shape index (κ1) is 18.1. The first-order valence-corrected chi connectivity index (χ1v) is 8.15. The average Bonchev–Trinajstić information content (AvgIpc) is 2.95. The van der Waals surface area contributed by atoms with Crippen molar-refractivity contribution in [3.8, 4) is 0 Å². The third-order valence-electron chi connectivity index (χ3n) is 3.04. The summed E-state index contributed by atoms with van der Waals surface area (Å²) in [4.78, 5) is 40.3. The second-order valence-corrected chi connectivity index (χ2v) is 6.32. The van der Waals surface area contributed by atoms with Crippen LogP contribution >= 0.6 is 22.9 Å². The maximum Gasteiger partial charge on any atom is 0.245 e. The van der Waals surface area contributed by atoms with E-state index in [0.717, 1.165) is 4.70 Å². The molecule has 0 fully saturated rings. The molecule has 4 N–H and O–H groups in total. The summed E-state index contributed by atoms with van der Waals surface area (Å²) in [5.74, 6) is -1.24. The highest BCUT2D eigenvalue weighted by Crippen LogP contribution is 2.30. The Hall–Kier alpha value is -2.23. The molecule has 0 radical (unpaired) electrons. The molecule has 0 atom stereocenters. The number of para-hydroxylation sites is 1. The minimum absolute atomic E-state index is 0.166. The van der Waals surface area contributed by atoms with Crippen molar-refractivity contribution in [2.24, 2.45) is 5.73 Å². The fourth-order valence-electron chi connectivity index (χ4n) is 1.81. The Bertz CT molecular complexity index is 779. The molecule has 8 nitrogen and oxygen atoms in total. The van der Waals surface area contributed by atoms with Crippen molar-refractivity contribution in [1.82, 2.24) is 15.2 Å². The van der Waals surface area contributed by atoms with Gasteiger partial charge in [-0.05, 0) is 12.1 Å². The summed E-state index contributed by atoms with van der Waals surface area (Å²) in [5.41, 5.74) is 5.75. The summed E-state index contributed by atoms with van der Waals surface area (Å²) >= 11 is 7.33. The van der Waals surface area contributed by atoms with Gasteiger partial charge in [0, 0.05) is 7.05 Å². The molecular weight excluding hydrogens is 354 g/mol. The van der Waals surface area contributed by atoms with E-state index in [4.69, 9.17) is 17.3 Å². The lowest BCUT2D eigenvalue weighted by Crippen LogP contribution is -2.42. The van der Waals surface area contributed by atoms with E-state index in [2.05, 4.69) is 15.6 Å². The molecule has 0 bridgehead atoms. The van der Waals surface area contributed by atoms with Crippen molar-refractivity contribution in [3.05, 3.63) is 23.2 Å². The Balaban J connectivity index is 1.90. The molecule has 1 aromatic carbocycles. The zero-order valence-corrected chi connectivity index (χ0v) is 14.4. The third-order valence-corrected chi connectivity index (χ3v) is 4.29. The number of hydrogen-bond donors (Lipinski definition) is 3. The number of nitrogens with two attached hydrogens (primary N) is 1. The molecule has 10 heteroatoms. The first-order chi connectivity index (χ1) is 11.4. The molecular formula is C14H16ClN5O3S. The van der Waals surface area contributed by atoms with E-state index in [1.165, 1.54) is 23.3 Å². The molecule has 2 rings (SSSR count). The van der Waals surface area contributed by atoms with Crippen molar-refractivity contribution >= 4 is 56.0 Å². The number of rotatable bonds is 6. The van der Waals surface area contributed by atoms with Gasteiger partial charge >= 0.3 is 0 Å². The molecule has 0 spiro atoms. The lowest BCUT2D eigenvalue weighted by atomic mass is 10.3. The van der Waals surface area contributed by atoms with Gasteiger partial charge in [-0.25, -0.2) is 4.98 Å². The van der Waals surface area contributed by atoms with Gasteiger partial charge in [-0.3, -0.25) is 14.4 Å². The lowest BCUT2D eigenvalue weighted by molar-refractivity contribution is -0.134. The van der Waals surface area contributed by atoms with Crippen molar-refractivity contribution < 1.29 is 14.4 Å². The highest BCUT2D eigenvalue weighted by atomic mass is 35.5. The summed E-state index contributed by atoms with van der Waals surface area (Å²) in [6.45, 7) is -0.574. The Kier molecular flexibility index (Phi) is 6.07. The number of aromatic nitrogens is 1. The Labute approximate surface area is 147 Å². The number of hydrogen-bond acceptors (Lipinski definition) is 6. The minimum Gasteiger partial charge on any atom is -0.346 e. The second kappa shape index (κ2) is 8.04. The van der Waals surface area contributed by atoms with Gasteiger partial charge in [0.1, 0.15) is 5.52 Å². The SMILES string of the molecule is CN(CC(=O)Nc1nc2c(Cl)cccc2s1)C(=O)CNC(=O)CN. The predicted octanol–water partition coefficient (Wildman–Crippen LogP) is 0.421. The minimum atomic E-state index is -0.437. The van der Waals surface area contributed by atoms with E-state index >= 15 is 0 Å². The molecule has 1 aromatic heterocycles. The van der Waals surface area contributed by atoms with Gasteiger partial charge in [-0.15, -0.1) is 0 Å². The van der Waals surface area contributed by atoms with E-state index in [0.29, 0.717) is 15.7 Å². The molecule has 0 unspecified atom stereocenters. The quantitative estimate of drug-likeness (QED) is 0.682. The Morgan fingerprint density at radius 2 is 2.08 bits per heavy atom. The number of nitrogens with zero attached hydrogens (tertiary/aromatic N) is 2. The van der Waals surface area contributed by atoms with Gasteiger partial charge in [0.25, 0.3) is 0 Å². The van der Waals surface area contributed by atoms with Crippen molar-refractivity contribution in [2.75, 3.05) is 32.0 Å². The van der Waals surface area contributed by atoms with Crippen LogP contribution in [0.1, 0.15) is 0 Å². The summed E-state index contributed by atoms with van der Waals surface area (Å²) < 4.78 is 0.853. The molecule has 0 saturated carbocycles. The number of anilines is 1. The topological polar surface area (TPSA) is 117 Å². The van der Waals surface area contributed by atoms with Gasteiger partial charge in [0.15, 0.2) is 5.13 Å². The maximum absolute atomic E-state index is 12.0. The molecule has 128 valence electrons. The highest BCUT2D eigenvalue weighted by Gasteiger charge is 2.15. The van der Waals surface area contributed by atoms with Crippen molar-refractivity contribution in [2.45, 2.75) is 0 Å². The zero-order valence-electron chi connectivity index (χ0n) is 12.8. The summed E-state index contributed by atoms with van der Waals surface area (Å²) in [5, 5.41) is 5.89. The van der Waals surface area contributed by atoms with Gasteiger partial charge in [-0.2, -0.15) is 0 Å². The van der Waals surface area contributed by atoms with Gasteiger partial charge in [-0.1, -0.05) is 29.0 Å². The zero-order chi connectivity index (χ0) is 17.7. The van der Waals surface area contributed by atoms with E-state index in [9.17, 15) is 14.4 Å². The van der Waals surface area contributed by atoms with Crippen LogP contribution in [0.15, 0.2) is 18.2 Å². The first-order valence-electron chi connectivity index (χ1n) is 6.96. The summed E-state index contributed by atoms with van der Waals surface area (Å²) in [7, 11) is 1.46. The van der Waals surface area contributed by atoms with E-state index in [1.54, 1.807) is 12.1 Å². The number of amides is 3. The lowest BCUT2D eigenvalue weighted by Gasteiger charge is -2.16. The number of benzene rings is 1. The van der Waals surface area contributed by atoms with Crippen LogP contribution in [0.25, 0.3) is 10.2 Å². The normalized spacial score (nSPS) is 10.5. The summed E-state index contributed by atoms with van der Waals surface area (Å²) in [6.07, 6.45) is 0. The van der Waals surface area contributed by atoms with Crippen LogP contribution in [0.3, 0.4) is 0 Å². The van der Waals surface area contributed by atoms with Crippen LogP contribution in [0.5, 0.6) is 0 Å². The average molecular weight is 370 g/mol. The number of carbonyl (C=O) groups excluding carboxylic acids is 3. The van der Waals surface area contributed by atoms with Crippen molar-refractivity contribution in [1.29, 1.82) is 0 Å². The molecule has 3 amide bonds. The maximum atomic E-state index is 12.0. The fourth-order valence-corrected chi connectivity index (χ4v) is 2.99. The van der Waals surface area contributed by atoms with E-state index < -0.39 is 17.7 Å². The summed E-state index contributed by atoms with van der Waals surface area (Å²) in [6, 6.07) is 5.37. The van der Waals surface area contributed by atoms with Crippen LogP contribution in [0.2, 0.25) is 5.02 Å². The fraction of sp³-hybridized carbons (Fsp3) is 0.286. The smallest absolute Gasteiger partial charge is 0.245 e. The van der Waals surface area contributed by atoms with E-state index in [-0.39, 0.29) is 19.6 Å². The molecule has 1 heterocycles. The molecule has 0 aliphatic carbocycles. The van der Waals surface area contributed by atoms with E-state index in [1.807, 2.05) is 6.07 Å². The van der Waals surface area contributed by atoms with Gasteiger partial charge in [0.05, 0.1) is 29.4 Å². The number of carbonyl (C=O) groups is 3. The third kappa shape index (κ3) is 4.63.